The van der Waals surface area contributed by atoms with Crippen LogP contribution in [0.4, 0.5) is 0 Å². The molecule has 0 bridgehead atoms. The molecule has 2 heterocycles. The van der Waals surface area contributed by atoms with E-state index in [1.54, 1.807) is 0 Å². The standard InChI is InChI=1S/C24H36N2O2/c1-19(2)26-18-22(12-13-25-14-16-28-17-15-25)24(23(26)27,21-10-6-7-11-21)20-8-4-3-5-9-20/h3-5,8-9,19,21-22H,6-7,10-18H2,1-2H3/t22-,24+/m1/s1. The van der Waals surface area contributed by atoms with E-state index in [9.17, 15) is 4.79 Å². The van der Waals surface area contributed by atoms with Gasteiger partial charge >= 0.3 is 0 Å². The lowest BCUT2D eigenvalue weighted by atomic mass is 9.62. The van der Waals surface area contributed by atoms with Crippen molar-refractivity contribution in [3.05, 3.63) is 35.9 Å². The van der Waals surface area contributed by atoms with Crippen LogP contribution >= 0.6 is 0 Å². The van der Waals surface area contributed by atoms with Crippen molar-refractivity contribution < 1.29 is 9.53 Å². The quantitative estimate of drug-likeness (QED) is 0.750. The Morgan fingerprint density at radius 1 is 1.11 bits per heavy atom. The molecule has 4 nitrogen and oxygen atoms in total. The highest BCUT2D eigenvalue weighted by Gasteiger charge is 2.59. The third-order valence-electron chi connectivity index (χ3n) is 7.45. The van der Waals surface area contributed by atoms with Crippen molar-refractivity contribution in [2.45, 2.75) is 57.4 Å². The van der Waals surface area contributed by atoms with E-state index in [0.29, 0.717) is 17.7 Å². The zero-order valence-corrected chi connectivity index (χ0v) is 17.6. The Morgan fingerprint density at radius 2 is 1.79 bits per heavy atom. The first kappa shape index (κ1) is 19.9. The van der Waals surface area contributed by atoms with Crippen LogP contribution in [0.1, 0.15) is 51.5 Å². The van der Waals surface area contributed by atoms with Gasteiger partial charge in [-0.1, -0.05) is 43.2 Å². The largest absolute Gasteiger partial charge is 0.379 e. The lowest BCUT2D eigenvalue weighted by molar-refractivity contribution is -0.136. The monoisotopic (exact) mass is 384 g/mol. The maximum atomic E-state index is 14.0. The van der Waals surface area contributed by atoms with Crippen LogP contribution in [0, 0.1) is 11.8 Å². The average Bonchev–Trinajstić information content (AvgIpc) is 3.35. The number of morpholine rings is 1. The Hall–Kier alpha value is -1.39. The van der Waals surface area contributed by atoms with Crippen LogP contribution in [0.2, 0.25) is 0 Å². The van der Waals surface area contributed by atoms with E-state index in [0.717, 1.165) is 45.8 Å². The Bertz CT molecular complexity index is 650. The average molecular weight is 385 g/mol. The van der Waals surface area contributed by atoms with Crippen LogP contribution in [0.25, 0.3) is 0 Å². The van der Waals surface area contributed by atoms with Gasteiger partial charge in [-0.05, 0) is 57.1 Å². The van der Waals surface area contributed by atoms with Crippen LogP contribution in [0.15, 0.2) is 30.3 Å². The van der Waals surface area contributed by atoms with Crippen molar-refractivity contribution in [1.82, 2.24) is 9.80 Å². The molecule has 154 valence electrons. The van der Waals surface area contributed by atoms with Gasteiger partial charge in [0.25, 0.3) is 0 Å². The summed E-state index contributed by atoms with van der Waals surface area (Å²) in [6, 6.07) is 11.0. The molecule has 1 aliphatic carbocycles. The Labute approximate surface area is 170 Å². The summed E-state index contributed by atoms with van der Waals surface area (Å²) in [5, 5.41) is 0. The molecule has 2 saturated heterocycles. The maximum Gasteiger partial charge on any atom is 0.234 e. The molecule has 0 aromatic heterocycles. The van der Waals surface area contributed by atoms with Crippen LogP contribution in [-0.2, 0) is 14.9 Å². The summed E-state index contributed by atoms with van der Waals surface area (Å²) in [5.41, 5.74) is 0.941. The van der Waals surface area contributed by atoms with E-state index in [1.165, 1.54) is 31.2 Å². The molecule has 3 fully saturated rings. The number of hydrogen-bond acceptors (Lipinski definition) is 3. The molecule has 3 aliphatic rings. The van der Waals surface area contributed by atoms with E-state index in [2.05, 4.69) is 54.0 Å². The summed E-state index contributed by atoms with van der Waals surface area (Å²) in [6.45, 7) is 10.1. The van der Waals surface area contributed by atoms with Gasteiger partial charge in [0.05, 0.1) is 18.6 Å². The fraction of sp³-hybridized carbons (Fsp3) is 0.708. The predicted octanol–water partition coefficient (Wildman–Crippen LogP) is 3.70. The zero-order valence-electron chi connectivity index (χ0n) is 17.6. The number of carbonyl (C=O) groups is 1. The molecule has 2 aliphatic heterocycles. The summed E-state index contributed by atoms with van der Waals surface area (Å²) < 4.78 is 5.52. The molecule has 0 N–H and O–H groups in total. The van der Waals surface area contributed by atoms with Gasteiger partial charge in [-0.15, -0.1) is 0 Å². The zero-order chi connectivity index (χ0) is 19.6. The normalized spacial score (nSPS) is 29.9. The molecule has 2 atom stereocenters. The van der Waals surface area contributed by atoms with Crippen LogP contribution in [0.5, 0.6) is 0 Å². The highest BCUT2D eigenvalue weighted by atomic mass is 16.5. The van der Waals surface area contributed by atoms with E-state index in [1.807, 2.05) is 0 Å². The van der Waals surface area contributed by atoms with Crippen molar-refractivity contribution in [3.63, 3.8) is 0 Å². The summed E-state index contributed by atoms with van der Waals surface area (Å²) in [4.78, 5) is 18.7. The number of benzene rings is 1. The molecular weight excluding hydrogens is 348 g/mol. The summed E-state index contributed by atoms with van der Waals surface area (Å²) >= 11 is 0. The fourth-order valence-electron chi connectivity index (χ4n) is 6.00. The highest BCUT2D eigenvalue weighted by molar-refractivity contribution is 5.91. The Morgan fingerprint density at radius 3 is 2.43 bits per heavy atom. The van der Waals surface area contributed by atoms with Crippen LogP contribution < -0.4 is 0 Å². The second-order valence-electron chi connectivity index (χ2n) is 9.21. The minimum atomic E-state index is -0.325. The van der Waals surface area contributed by atoms with Crippen molar-refractivity contribution in [2.24, 2.45) is 11.8 Å². The first-order chi connectivity index (χ1) is 13.6. The summed E-state index contributed by atoms with van der Waals surface area (Å²) in [6.07, 6.45) is 6.02. The smallest absolute Gasteiger partial charge is 0.234 e. The van der Waals surface area contributed by atoms with Crippen LogP contribution in [-0.4, -0.2) is 61.1 Å². The lowest BCUT2D eigenvalue weighted by Gasteiger charge is -2.40. The number of ether oxygens (including phenoxy) is 1. The molecule has 1 amide bonds. The van der Waals surface area contributed by atoms with Crippen LogP contribution in [0.3, 0.4) is 0 Å². The third-order valence-corrected chi connectivity index (χ3v) is 7.45. The van der Waals surface area contributed by atoms with Gasteiger partial charge in [0, 0.05) is 25.7 Å². The van der Waals surface area contributed by atoms with E-state index in [-0.39, 0.29) is 11.5 Å². The minimum absolute atomic E-state index is 0.269. The van der Waals surface area contributed by atoms with Gasteiger partial charge in [0.1, 0.15) is 0 Å². The molecule has 0 radical (unpaired) electrons. The molecular formula is C24H36N2O2. The fourth-order valence-corrected chi connectivity index (χ4v) is 6.00. The molecule has 1 aromatic rings. The van der Waals surface area contributed by atoms with Gasteiger partial charge in [-0.2, -0.15) is 0 Å². The summed E-state index contributed by atoms with van der Waals surface area (Å²) in [7, 11) is 0. The van der Waals surface area contributed by atoms with Gasteiger partial charge < -0.3 is 9.64 Å². The number of amides is 1. The van der Waals surface area contributed by atoms with Gasteiger partial charge in [-0.25, -0.2) is 0 Å². The molecule has 4 heteroatoms. The summed E-state index contributed by atoms with van der Waals surface area (Å²) in [5.74, 6) is 1.28. The molecule has 1 aromatic carbocycles. The third kappa shape index (κ3) is 3.50. The second kappa shape index (κ2) is 8.54. The Kier molecular flexibility index (Phi) is 6.07. The highest BCUT2D eigenvalue weighted by Crippen LogP contribution is 2.53. The van der Waals surface area contributed by atoms with Gasteiger partial charge in [0.2, 0.25) is 5.91 Å². The maximum absolute atomic E-state index is 14.0. The van der Waals surface area contributed by atoms with Gasteiger partial charge in [-0.3, -0.25) is 9.69 Å². The number of nitrogens with zero attached hydrogens (tertiary/aromatic N) is 2. The predicted molar refractivity (Wildman–Crippen MR) is 112 cm³/mol. The van der Waals surface area contributed by atoms with Crippen molar-refractivity contribution in [2.75, 3.05) is 39.4 Å². The van der Waals surface area contributed by atoms with E-state index < -0.39 is 0 Å². The van der Waals surface area contributed by atoms with E-state index in [4.69, 9.17) is 4.74 Å². The Balaban J connectivity index is 1.68. The van der Waals surface area contributed by atoms with Gasteiger partial charge in [0.15, 0.2) is 0 Å². The molecule has 0 spiro atoms. The van der Waals surface area contributed by atoms with Crippen molar-refractivity contribution in [1.29, 1.82) is 0 Å². The molecule has 28 heavy (non-hydrogen) atoms. The second-order valence-corrected chi connectivity index (χ2v) is 9.21. The van der Waals surface area contributed by atoms with Crippen molar-refractivity contribution in [3.8, 4) is 0 Å². The lowest BCUT2D eigenvalue weighted by Crippen LogP contribution is -2.48. The minimum Gasteiger partial charge on any atom is -0.379 e. The molecule has 0 unspecified atom stereocenters. The SMILES string of the molecule is CC(C)N1C[C@@H](CCN2CCOCC2)[C@](c2ccccc2)(C2CCCC2)C1=O. The topological polar surface area (TPSA) is 32.8 Å². The van der Waals surface area contributed by atoms with E-state index >= 15 is 0 Å². The van der Waals surface area contributed by atoms with Crippen molar-refractivity contribution >= 4 is 5.91 Å². The number of rotatable bonds is 6. The molecule has 4 rings (SSSR count). The number of likely N-dealkylation sites (tertiary alicyclic amines) is 1. The first-order valence-electron chi connectivity index (χ1n) is 11.3. The number of carbonyl (C=O) groups excluding carboxylic acids is 1. The molecule has 1 saturated carbocycles. The number of hydrogen-bond donors (Lipinski definition) is 0. The first-order valence-corrected chi connectivity index (χ1v) is 11.3.